The third-order valence-corrected chi connectivity index (χ3v) is 5.37. The molecule has 2 N–H and O–H groups in total. The molecule has 2 amide bonds. The van der Waals surface area contributed by atoms with Gasteiger partial charge in [0.1, 0.15) is 18.1 Å². The summed E-state index contributed by atoms with van der Waals surface area (Å²) in [5, 5.41) is 10.2. The molecule has 0 saturated carbocycles. The maximum absolute atomic E-state index is 12.7. The number of hydrogen-bond donors (Lipinski definition) is 2. The molecule has 3 rings (SSSR count). The minimum atomic E-state index is -0.334. The first kappa shape index (κ1) is 23.8. The van der Waals surface area contributed by atoms with Crippen LogP contribution >= 0.6 is 27.5 Å². The number of halogens is 2. The molecule has 2 aromatic carbocycles. The number of rotatable bonds is 8. The number of carbonyl (C=O) groups is 2. The van der Waals surface area contributed by atoms with Crippen LogP contribution in [0.5, 0.6) is 5.75 Å². The van der Waals surface area contributed by atoms with Crippen LogP contribution in [0.3, 0.4) is 0 Å². The summed E-state index contributed by atoms with van der Waals surface area (Å²) in [4.78, 5) is 25.2. The minimum absolute atomic E-state index is 0.284. The standard InChI is InChI=1S/C23H24BrClN4O3/c1-14(2)11-26-23(31)21-19(12-27-29(21)3)28-22(30)16-6-4-15(5-7-16)13-32-20-9-8-17(24)10-18(20)25/h4-10,12,14H,11,13H2,1-3H3,(H,26,31)(H,28,30). The number of nitrogens with one attached hydrogen (secondary N) is 2. The molecule has 7 nitrogen and oxygen atoms in total. The van der Waals surface area contributed by atoms with Gasteiger partial charge < -0.3 is 15.4 Å². The van der Waals surface area contributed by atoms with E-state index in [0.29, 0.717) is 46.8 Å². The van der Waals surface area contributed by atoms with Gasteiger partial charge in [-0.25, -0.2) is 0 Å². The Morgan fingerprint density at radius 1 is 1.16 bits per heavy atom. The fourth-order valence-corrected chi connectivity index (χ4v) is 3.61. The summed E-state index contributed by atoms with van der Waals surface area (Å²) in [5.74, 6) is 0.275. The van der Waals surface area contributed by atoms with Crippen LogP contribution in [0.25, 0.3) is 0 Å². The number of ether oxygens (including phenoxy) is 1. The SMILES string of the molecule is CC(C)CNC(=O)c1c(NC(=O)c2ccc(COc3ccc(Br)cc3Cl)cc2)cnn1C. The van der Waals surface area contributed by atoms with E-state index in [-0.39, 0.29) is 11.8 Å². The highest BCUT2D eigenvalue weighted by molar-refractivity contribution is 9.10. The molecule has 32 heavy (non-hydrogen) atoms. The fraction of sp³-hybridized carbons (Fsp3) is 0.261. The molecule has 3 aromatic rings. The number of anilines is 1. The van der Waals surface area contributed by atoms with Crippen LogP contribution in [0.15, 0.2) is 53.1 Å². The zero-order valence-electron chi connectivity index (χ0n) is 18.0. The second kappa shape index (κ2) is 10.7. The Balaban J connectivity index is 1.63. The van der Waals surface area contributed by atoms with Crippen molar-refractivity contribution in [1.82, 2.24) is 15.1 Å². The Hall–Kier alpha value is -2.84. The van der Waals surface area contributed by atoms with E-state index >= 15 is 0 Å². The molecule has 0 aliphatic heterocycles. The van der Waals surface area contributed by atoms with Gasteiger partial charge in [-0.2, -0.15) is 5.10 Å². The summed E-state index contributed by atoms with van der Waals surface area (Å²) in [6.07, 6.45) is 1.46. The zero-order valence-corrected chi connectivity index (χ0v) is 20.3. The van der Waals surface area contributed by atoms with E-state index in [1.807, 2.05) is 19.9 Å². The van der Waals surface area contributed by atoms with Crippen LogP contribution in [0, 0.1) is 5.92 Å². The van der Waals surface area contributed by atoms with E-state index in [1.54, 1.807) is 43.4 Å². The lowest BCUT2D eigenvalue weighted by Crippen LogP contribution is -2.30. The van der Waals surface area contributed by atoms with Gasteiger partial charge in [0.25, 0.3) is 11.8 Å². The van der Waals surface area contributed by atoms with Gasteiger partial charge in [0, 0.05) is 23.6 Å². The van der Waals surface area contributed by atoms with Crippen molar-refractivity contribution < 1.29 is 14.3 Å². The molecule has 9 heteroatoms. The quantitative estimate of drug-likeness (QED) is 0.436. The van der Waals surface area contributed by atoms with Gasteiger partial charge in [-0.05, 0) is 41.8 Å². The van der Waals surface area contributed by atoms with E-state index in [1.165, 1.54) is 10.9 Å². The van der Waals surface area contributed by atoms with Crippen molar-refractivity contribution in [3.8, 4) is 5.75 Å². The molecular weight excluding hydrogens is 496 g/mol. The molecule has 0 radical (unpaired) electrons. The van der Waals surface area contributed by atoms with Gasteiger partial charge in [0.2, 0.25) is 0 Å². The van der Waals surface area contributed by atoms with Crippen molar-refractivity contribution >= 4 is 45.0 Å². The molecule has 0 unspecified atom stereocenters. The highest BCUT2D eigenvalue weighted by atomic mass is 79.9. The number of carbonyl (C=O) groups excluding carboxylic acids is 2. The number of aryl methyl sites for hydroxylation is 1. The normalized spacial score (nSPS) is 10.8. The second-order valence-electron chi connectivity index (χ2n) is 7.65. The third kappa shape index (κ3) is 6.11. The van der Waals surface area contributed by atoms with E-state index in [4.69, 9.17) is 16.3 Å². The summed E-state index contributed by atoms with van der Waals surface area (Å²) in [7, 11) is 1.66. The monoisotopic (exact) mass is 518 g/mol. The molecule has 168 valence electrons. The van der Waals surface area contributed by atoms with Gasteiger partial charge in [0.05, 0.1) is 16.9 Å². The van der Waals surface area contributed by atoms with Gasteiger partial charge in [0.15, 0.2) is 0 Å². The fourth-order valence-electron chi connectivity index (χ4n) is 2.88. The van der Waals surface area contributed by atoms with Gasteiger partial charge in [-0.15, -0.1) is 0 Å². The van der Waals surface area contributed by atoms with Crippen molar-refractivity contribution in [2.75, 3.05) is 11.9 Å². The van der Waals surface area contributed by atoms with Gasteiger partial charge >= 0.3 is 0 Å². The van der Waals surface area contributed by atoms with Crippen molar-refractivity contribution in [2.24, 2.45) is 13.0 Å². The van der Waals surface area contributed by atoms with Crippen LogP contribution < -0.4 is 15.4 Å². The molecule has 0 atom stereocenters. The molecule has 0 aliphatic carbocycles. The van der Waals surface area contributed by atoms with Crippen molar-refractivity contribution in [3.63, 3.8) is 0 Å². The second-order valence-corrected chi connectivity index (χ2v) is 8.97. The molecule has 0 aliphatic rings. The zero-order chi connectivity index (χ0) is 23.3. The average molecular weight is 520 g/mol. The van der Waals surface area contributed by atoms with Gasteiger partial charge in [-0.3, -0.25) is 14.3 Å². The van der Waals surface area contributed by atoms with Crippen LogP contribution in [0.1, 0.15) is 40.3 Å². The lowest BCUT2D eigenvalue weighted by atomic mass is 10.1. The maximum atomic E-state index is 12.7. The molecule has 1 aromatic heterocycles. The summed E-state index contributed by atoms with van der Waals surface area (Å²) >= 11 is 9.53. The van der Waals surface area contributed by atoms with E-state index in [2.05, 4.69) is 31.7 Å². The van der Waals surface area contributed by atoms with E-state index in [0.717, 1.165) is 10.0 Å². The topological polar surface area (TPSA) is 85.2 Å². The number of nitrogens with zero attached hydrogens (tertiary/aromatic N) is 2. The van der Waals surface area contributed by atoms with E-state index < -0.39 is 0 Å². The summed E-state index contributed by atoms with van der Waals surface area (Å²) in [5.41, 5.74) is 2.00. The Bertz CT molecular complexity index is 1110. The molecular formula is C23H24BrClN4O3. The van der Waals surface area contributed by atoms with Crippen LogP contribution in [-0.2, 0) is 13.7 Å². The number of amides is 2. The number of aromatic nitrogens is 2. The highest BCUT2D eigenvalue weighted by Gasteiger charge is 2.19. The summed E-state index contributed by atoms with van der Waals surface area (Å²) in [6.45, 7) is 4.86. The Morgan fingerprint density at radius 2 is 1.88 bits per heavy atom. The van der Waals surface area contributed by atoms with E-state index in [9.17, 15) is 9.59 Å². The first-order valence-electron chi connectivity index (χ1n) is 10.0. The van der Waals surface area contributed by atoms with Crippen LogP contribution in [-0.4, -0.2) is 28.1 Å². The molecule has 1 heterocycles. The predicted octanol–water partition coefficient (Wildman–Crippen LogP) is 5.05. The lowest BCUT2D eigenvalue weighted by molar-refractivity contribution is 0.0940. The maximum Gasteiger partial charge on any atom is 0.271 e. The Kier molecular flexibility index (Phi) is 7.93. The number of hydrogen-bond acceptors (Lipinski definition) is 4. The molecule has 0 fully saturated rings. The Morgan fingerprint density at radius 3 is 2.53 bits per heavy atom. The molecule has 0 spiro atoms. The van der Waals surface area contributed by atoms with Crippen LogP contribution in [0.2, 0.25) is 5.02 Å². The third-order valence-electron chi connectivity index (χ3n) is 4.58. The first-order valence-corrected chi connectivity index (χ1v) is 11.2. The van der Waals surface area contributed by atoms with Crippen LogP contribution in [0.4, 0.5) is 5.69 Å². The van der Waals surface area contributed by atoms with Crippen molar-refractivity contribution in [2.45, 2.75) is 20.5 Å². The summed E-state index contributed by atoms with van der Waals surface area (Å²) in [6, 6.07) is 12.4. The van der Waals surface area contributed by atoms with Gasteiger partial charge in [-0.1, -0.05) is 53.5 Å². The first-order chi connectivity index (χ1) is 15.2. The predicted molar refractivity (Wildman–Crippen MR) is 128 cm³/mol. The number of benzene rings is 2. The molecule has 0 bridgehead atoms. The van der Waals surface area contributed by atoms with Crippen molar-refractivity contribution in [3.05, 3.63) is 75.0 Å². The minimum Gasteiger partial charge on any atom is -0.487 e. The average Bonchev–Trinajstić information content (AvgIpc) is 3.11. The Labute approximate surface area is 200 Å². The largest absolute Gasteiger partial charge is 0.487 e. The van der Waals surface area contributed by atoms with Crippen molar-refractivity contribution in [1.29, 1.82) is 0 Å². The highest BCUT2D eigenvalue weighted by Crippen LogP contribution is 2.28. The smallest absolute Gasteiger partial charge is 0.271 e. The summed E-state index contributed by atoms with van der Waals surface area (Å²) < 4.78 is 8.07. The molecule has 0 saturated heterocycles. The lowest BCUT2D eigenvalue weighted by Gasteiger charge is -2.11.